The highest BCUT2D eigenvalue weighted by molar-refractivity contribution is 5.88. The van der Waals surface area contributed by atoms with Crippen LogP contribution in [0.1, 0.15) is 39.5 Å². The Balaban J connectivity index is 3.58. The predicted molar refractivity (Wildman–Crippen MR) is 86.7 cm³/mol. The summed E-state index contributed by atoms with van der Waals surface area (Å²) >= 11 is 0. The van der Waals surface area contributed by atoms with Gasteiger partial charge in [-0.15, -0.1) is 0 Å². The van der Waals surface area contributed by atoms with Gasteiger partial charge < -0.3 is 26.1 Å². The van der Waals surface area contributed by atoms with Crippen LogP contribution in [0.5, 0.6) is 0 Å². The van der Waals surface area contributed by atoms with Gasteiger partial charge in [0.1, 0.15) is 6.29 Å². The average Bonchev–Trinajstić information content (AvgIpc) is 2.52. The third-order valence-corrected chi connectivity index (χ3v) is 2.88. The van der Waals surface area contributed by atoms with Crippen molar-refractivity contribution in [1.82, 2.24) is 21.3 Å². The van der Waals surface area contributed by atoms with Gasteiger partial charge in [0.05, 0.1) is 19.6 Å². The first-order valence-electron chi connectivity index (χ1n) is 7.92. The molecule has 0 heterocycles. The van der Waals surface area contributed by atoms with E-state index in [4.69, 9.17) is 0 Å². The third-order valence-electron chi connectivity index (χ3n) is 2.88. The molecule has 0 spiro atoms. The molecule has 3 amide bonds. The summed E-state index contributed by atoms with van der Waals surface area (Å²) in [6.45, 7) is 4.23. The molecule has 0 unspecified atom stereocenters. The fourth-order valence-electron chi connectivity index (χ4n) is 1.60. The number of carbonyl (C=O) groups is 4. The molecule has 8 nitrogen and oxygen atoms in total. The number of unbranched alkanes of at least 4 members (excludes halogenated alkanes) is 3. The Bertz CT molecular complexity index is 386. The molecule has 0 aromatic heterocycles. The second kappa shape index (κ2) is 13.7. The lowest BCUT2D eigenvalue weighted by atomic mass is 10.2. The van der Waals surface area contributed by atoms with Crippen molar-refractivity contribution in [1.29, 1.82) is 0 Å². The average molecular weight is 328 g/mol. The molecular weight excluding hydrogens is 300 g/mol. The van der Waals surface area contributed by atoms with Crippen LogP contribution in [0, 0.1) is 0 Å². The maximum atomic E-state index is 11.5. The molecule has 0 rings (SSSR count). The molecule has 0 bridgehead atoms. The Labute approximate surface area is 137 Å². The van der Waals surface area contributed by atoms with Crippen LogP contribution >= 0.6 is 0 Å². The molecule has 132 valence electrons. The van der Waals surface area contributed by atoms with Gasteiger partial charge in [-0.1, -0.05) is 20.3 Å². The van der Waals surface area contributed by atoms with E-state index in [9.17, 15) is 19.2 Å². The summed E-state index contributed by atoms with van der Waals surface area (Å²) in [5.74, 6) is -0.959. The van der Waals surface area contributed by atoms with Crippen molar-refractivity contribution >= 4 is 24.0 Å². The highest BCUT2D eigenvalue weighted by Crippen LogP contribution is 1.95. The van der Waals surface area contributed by atoms with Crippen molar-refractivity contribution in [2.45, 2.75) is 45.6 Å². The highest BCUT2D eigenvalue weighted by Gasteiger charge is 2.07. The second-order valence-electron chi connectivity index (χ2n) is 5.46. The smallest absolute Gasteiger partial charge is 0.239 e. The van der Waals surface area contributed by atoms with Gasteiger partial charge in [-0.05, 0) is 12.8 Å². The van der Waals surface area contributed by atoms with Crippen LogP contribution in [0.4, 0.5) is 0 Å². The SMILES string of the molecule is CC(C)NCC(=O)NCC(=O)NCC(=O)NCCCCCC=O. The molecule has 0 aliphatic heterocycles. The number of carbonyl (C=O) groups excluding carboxylic acids is 4. The lowest BCUT2D eigenvalue weighted by molar-refractivity contribution is -0.127. The molecule has 0 saturated carbocycles. The molecule has 0 radical (unpaired) electrons. The van der Waals surface area contributed by atoms with Gasteiger partial charge in [-0.25, -0.2) is 0 Å². The summed E-state index contributed by atoms with van der Waals surface area (Å²) < 4.78 is 0. The molecule has 23 heavy (non-hydrogen) atoms. The minimum atomic E-state index is -0.413. The van der Waals surface area contributed by atoms with E-state index in [2.05, 4.69) is 21.3 Å². The molecule has 0 aromatic rings. The van der Waals surface area contributed by atoms with Gasteiger partial charge >= 0.3 is 0 Å². The lowest BCUT2D eigenvalue weighted by Crippen LogP contribution is -2.44. The standard InChI is InChI=1S/C15H28N4O4/c1-12(2)17-9-14(22)19-11-15(23)18-10-13(21)16-7-5-3-4-6-8-20/h8,12,17H,3-7,9-11H2,1-2H3,(H,16,21)(H,18,23)(H,19,22). The van der Waals surface area contributed by atoms with Crippen LogP contribution in [-0.2, 0) is 19.2 Å². The van der Waals surface area contributed by atoms with Crippen LogP contribution in [0.3, 0.4) is 0 Å². The van der Waals surface area contributed by atoms with E-state index < -0.39 is 5.91 Å². The third kappa shape index (κ3) is 14.7. The quantitative estimate of drug-likeness (QED) is 0.258. The van der Waals surface area contributed by atoms with E-state index in [1.807, 2.05) is 13.8 Å². The number of hydrogen-bond acceptors (Lipinski definition) is 5. The zero-order valence-corrected chi connectivity index (χ0v) is 13.9. The fraction of sp³-hybridized carbons (Fsp3) is 0.733. The molecule has 0 saturated heterocycles. The van der Waals surface area contributed by atoms with E-state index in [0.29, 0.717) is 13.0 Å². The minimum absolute atomic E-state index is 0.118. The van der Waals surface area contributed by atoms with Crippen LogP contribution < -0.4 is 21.3 Å². The Morgan fingerprint density at radius 2 is 1.39 bits per heavy atom. The van der Waals surface area contributed by atoms with Gasteiger partial charge in [0, 0.05) is 19.0 Å². The number of hydrogen-bond donors (Lipinski definition) is 4. The lowest BCUT2D eigenvalue weighted by Gasteiger charge is -2.09. The molecular formula is C15H28N4O4. The molecule has 0 aliphatic carbocycles. The number of aldehydes is 1. The Morgan fingerprint density at radius 1 is 0.826 bits per heavy atom. The second-order valence-corrected chi connectivity index (χ2v) is 5.46. The molecule has 0 aliphatic rings. The van der Waals surface area contributed by atoms with E-state index >= 15 is 0 Å². The largest absolute Gasteiger partial charge is 0.355 e. The number of amides is 3. The monoisotopic (exact) mass is 328 g/mol. The Hall–Kier alpha value is -1.96. The molecule has 4 N–H and O–H groups in total. The van der Waals surface area contributed by atoms with E-state index in [1.165, 1.54) is 0 Å². The minimum Gasteiger partial charge on any atom is -0.355 e. The molecule has 0 aromatic carbocycles. The van der Waals surface area contributed by atoms with Gasteiger partial charge in [0.15, 0.2) is 0 Å². The van der Waals surface area contributed by atoms with Crippen LogP contribution in [0.25, 0.3) is 0 Å². The first kappa shape index (κ1) is 21.0. The van der Waals surface area contributed by atoms with Gasteiger partial charge in [0.25, 0.3) is 0 Å². The maximum absolute atomic E-state index is 11.5. The highest BCUT2D eigenvalue weighted by atomic mass is 16.2. The summed E-state index contributed by atoms with van der Waals surface area (Å²) in [6, 6.07) is 0.191. The van der Waals surface area contributed by atoms with Crippen molar-refractivity contribution in [2.75, 3.05) is 26.2 Å². The summed E-state index contributed by atoms with van der Waals surface area (Å²) in [6.07, 6.45) is 3.92. The van der Waals surface area contributed by atoms with Gasteiger partial charge in [0.2, 0.25) is 17.7 Å². The summed E-state index contributed by atoms with van der Waals surface area (Å²) in [5, 5.41) is 10.5. The molecule has 0 fully saturated rings. The Kier molecular flexibility index (Phi) is 12.5. The molecule has 0 atom stereocenters. The maximum Gasteiger partial charge on any atom is 0.239 e. The van der Waals surface area contributed by atoms with Crippen molar-refractivity contribution in [3.8, 4) is 0 Å². The van der Waals surface area contributed by atoms with Crippen LogP contribution in [0.15, 0.2) is 0 Å². The van der Waals surface area contributed by atoms with Crippen LogP contribution in [-0.4, -0.2) is 56.2 Å². The molecule has 8 heteroatoms. The van der Waals surface area contributed by atoms with Crippen molar-refractivity contribution in [2.24, 2.45) is 0 Å². The van der Waals surface area contributed by atoms with Crippen molar-refractivity contribution in [3.63, 3.8) is 0 Å². The normalized spacial score (nSPS) is 10.2. The summed E-state index contributed by atoms with van der Waals surface area (Å²) in [7, 11) is 0. The fourth-order valence-corrected chi connectivity index (χ4v) is 1.60. The number of rotatable bonds is 13. The summed E-state index contributed by atoms with van der Waals surface area (Å²) in [5.41, 5.74) is 0. The zero-order chi connectivity index (χ0) is 17.5. The van der Waals surface area contributed by atoms with E-state index in [0.717, 1.165) is 25.5 Å². The topological polar surface area (TPSA) is 116 Å². The Morgan fingerprint density at radius 3 is 1.96 bits per heavy atom. The first-order valence-corrected chi connectivity index (χ1v) is 7.92. The van der Waals surface area contributed by atoms with Crippen LogP contribution in [0.2, 0.25) is 0 Å². The van der Waals surface area contributed by atoms with E-state index in [1.54, 1.807) is 0 Å². The van der Waals surface area contributed by atoms with Gasteiger partial charge in [-0.3, -0.25) is 14.4 Å². The first-order chi connectivity index (χ1) is 11.0. The zero-order valence-electron chi connectivity index (χ0n) is 13.9. The van der Waals surface area contributed by atoms with Gasteiger partial charge in [-0.2, -0.15) is 0 Å². The van der Waals surface area contributed by atoms with Crippen molar-refractivity contribution in [3.05, 3.63) is 0 Å². The van der Waals surface area contributed by atoms with Crippen molar-refractivity contribution < 1.29 is 19.2 Å². The summed E-state index contributed by atoms with van der Waals surface area (Å²) in [4.78, 5) is 44.5. The number of nitrogens with one attached hydrogen (secondary N) is 4. The van der Waals surface area contributed by atoms with E-state index in [-0.39, 0.29) is 37.5 Å². The predicted octanol–water partition coefficient (Wildman–Crippen LogP) is -0.908.